The van der Waals surface area contributed by atoms with Crippen molar-refractivity contribution in [3.63, 3.8) is 0 Å². The SMILES string of the molecule is COCCC(C)C(O)c1cnn(-c2ccccc2)n1. The van der Waals surface area contributed by atoms with Crippen LogP contribution in [0.15, 0.2) is 36.5 Å². The van der Waals surface area contributed by atoms with E-state index >= 15 is 0 Å². The molecule has 2 rings (SSSR count). The maximum absolute atomic E-state index is 10.2. The summed E-state index contributed by atoms with van der Waals surface area (Å²) in [5.74, 6) is 0.0841. The monoisotopic (exact) mass is 261 g/mol. The lowest BCUT2D eigenvalue weighted by Crippen LogP contribution is -2.12. The molecular weight excluding hydrogens is 242 g/mol. The summed E-state index contributed by atoms with van der Waals surface area (Å²) in [6.45, 7) is 2.61. The lowest BCUT2D eigenvalue weighted by Gasteiger charge is -2.15. The molecule has 0 fully saturated rings. The average molecular weight is 261 g/mol. The molecule has 0 spiro atoms. The first-order valence-electron chi connectivity index (χ1n) is 6.37. The zero-order chi connectivity index (χ0) is 13.7. The summed E-state index contributed by atoms with van der Waals surface area (Å²) in [6, 6.07) is 9.64. The van der Waals surface area contributed by atoms with Crippen LogP contribution in [0.4, 0.5) is 0 Å². The van der Waals surface area contributed by atoms with Crippen LogP contribution in [-0.2, 0) is 4.74 Å². The van der Waals surface area contributed by atoms with Gasteiger partial charge < -0.3 is 9.84 Å². The average Bonchev–Trinajstić information content (AvgIpc) is 2.94. The van der Waals surface area contributed by atoms with Crippen LogP contribution in [0.25, 0.3) is 5.69 Å². The minimum atomic E-state index is -0.618. The molecule has 0 aliphatic rings. The molecule has 5 heteroatoms. The van der Waals surface area contributed by atoms with Crippen molar-refractivity contribution in [1.82, 2.24) is 15.0 Å². The van der Waals surface area contributed by atoms with Crippen molar-refractivity contribution in [2.75, 3.05) is 13.7 Å². The van der Waals surface area contributed by atoms with Gasteiger partial charge in [-0.25, -0.2) is 0 Å². The van der Waals surface area contributed by atoms with Crippen LogP contribution >= 0.6 is 0 Å². The van der Waals surface area contributed by atoms with Crippen molar-refractivity contribution in [2.45, 2.75) is 19.4 Å². The van der Waals surface area contributed by atoms with E-state index in [1.165, 1.54) is 4.80 Å². The number of rotatable bonds is 6. The lowest BCUT2D eigenvalue weighted by atomic mass is 9.99. The molecule has 0 aliphatic heterocycles. The smallest absolute Gasteiger partial charge is 0.112 e. The zero-order valence-electron chi connectivity index (χ0n) is 11.2. The third-order valence-electron chi connectivity index (χ3n) is 3.12. The van der Waals surface area contributed by atoms with Gasteiger partial charge in [-0.05, 0) is 24.5 Å². The maximum Gasteiger partial charge on any atom is 0.112 e. The number of methoxy groups -OCH3 is 1. The molecule has 0 radical (unpaired) electrons. The Hall–Kier alpha value is -1.72. The second-order valence-corrected chi connectivity index (χ2v) is 4.60. The number of nitrogens with zero attached hydrogens (tertiary/aromatic N) is 3. The Labute approximate surface area is 112 Å². The fourth-order valence-electron chi connectivity index (χ4n) is 1.85. The van der Waals surface area contributed by atoms with Crippen molar-refractivity contribution >= 4 is 0 Å². The molecule has 0 saturated carbocycles. The van der Waals surface area contributed by atoms with Crippen molar-refractivity contribution in [1.29, 1.82) is 0 Å². The van der Waals surface area contributed by atoms with E-state index in [0.717, 1.165) is 12.1 Å². The third kappa shape index (κ3) is 3.39. The van der Waals surface area contributed by atoms with Gasteiger partial charge in [-0.3, -0.25) is 0 Å². The van der Waals surface area contributed by atoms with Crippen molar-refractivity contribution in [3.05, 3.63) is 42.2 Å². The highest BCUT2D eigenvalue weighted by molar-refractivity contribution is 5.28. The fourth-order valence-corrected chi connectivity index (χ4v) is 1.85. The summed E-state index contributed by atoms with van der Waals surface area (Å²) >= 11 is 0. The van der Waals surface area contributed by atoms with E-state index < -0.39 is 6.10 Å². The normalized spacial score (nSPS) is 14.3. The highest BCUT2D eigenvalue weighted by atomic mass is 16.5. The van der Waals surface area contributed by atoms with E-state index in [4.69, 9.17) is 4.74 Å². The molecule has 0 bridgehead atoms. The fraction of sp³-hybridized carbons (Fsp3) is 0.429. The first-order chi connectivity index (χ1) is 9.22. The molecule has 0 amide bonds. The number of para-hydroxylation sites is 1. The molecule has 1 N–H and O–H groups in total. The number of hydrogen-bond donors (Lipinski definition) is 1. The predicted molar refractivity (Wildman–Crippen MR) is 72.0 cm³/mol. The molecule has 5 nitrogen and oxygen atoms in total. The van der Waals surface area contributed by atoms with Gasteiger partial charge in [0.1, 0.15) is 11.8 Å². The Morgan fingerprint density at radius 3 is 2.74 bits per heavy atom. The van der Waals surface area contributed by atoms with E-state index in [2.05, 4.69) is 10.2 Å². The second kappa shape index (κ2) is 6.45. The molecule has 2 aromatic rings. The topological polar surface area (TPSA) is 60.2 Å². The van der Waals surface area contributed by atoms with Crippen LogP contribution in [0.3, 0.4) is 0 Å². The summed E-state index contributed by atoms with van der Waals surface area (Å²) in [4.78, 5) is 1.53. The van der Waals surface area contributed by atoms with E-state index in [1.54, 1.807) is 13.3 Å². The minimum absolute atomic E-state index is 0.0841. The van der Waals surface area contributed by atoms with Crippen molar-refractivity contribution < 1.29 is 9.84 Å². The Kier molecular flexibility index (Phi) is 4.65. The number of benzene rings is 1. The Bertz CT molecular complexity index is 498. The van der Waals surface area contributed by atoms with E-state index in [-0.39, 0.29) is 5.92 Å². The lowest BCUT2D eigenvalue weighted by molar-refractivity contribution is 0.0852. The number of aliphatic hydroxyl groups excluding tert-OH is 1. The van der Waals surface area contributed by atoms with Gasteiger partial charge in [-0.15, -0.1) is 0 Å². The summed E-state index contributed by atoms with van der Waals surface area (Å²) in [7, 11) is 1.66. The Morgan fingerprint density at radius 2 is 2.05 bits per heavy atom. The van der Waals surface area contributed by atoms with E-state index in [0.29, 0.717) is 12.3 Å². The predicted octanol–water partition coefficient (Wildman–Crippen LogP) is 1.97. The number of aromatic nitrogens is 3. The Balaban J connectivity index is 2.08. The molecule has 2 unspecified atom stereocenters. The van der Waals surface area contributed by atoms with Gasteiger partial charge in [0.2, 0.25) is 0 Å². The second-order valence-electron chi connectivity index (χ2n) is 4.60. The van der Waals surface area contributed by atoms with Crippen LogP contribution in [0.5, 0.6) is 0 Å². The van der Waals surface area contributed by atoms with Crippen LogP contribution in [0.2, 0.25) is 0 Å². The first kappa shape index (κ1) is 13.7. The highest BCUT2D eigenvalue weighted by Gasteiger charge is 2.19. The van der Waals surface area contributed by atoms with Crippen molar-refractivity contribution in [3.8, 4) is 5.69 Å². The summed E-state index contributed by atoms with van der Waals surface area (Å²) in [5.41, 5.74) is 1.47. The molecule has 1 aromatic heterocycles. The van der Waals surface area contributed by atoms with Gasteiger partial charge >= 0.3 is 0 Å². The standard InChI is InChI=1S/C14H19N3O2/c1-11(8-9-19-2)14(18)13-10-15-17(16-13)12-6-4-3-5-7-12/h3-7,10-11,14,18H,8-9H2,1-2H3. The van der Waals surface area contributed by atoms with E-state index in [1.807, 2.05) is 37.3 Å². The van der Waals surface area contributed by atoms with Gasteiger partial charge in [-0.2, -0.15) is 15.0 Å². The van der Waals surface area contributed by atoms with Crippen LogP contribution in [-0.4, -0.2) is 33.8 Å². The summed E-state index contributed by atoms with van der Waals surface area (Å²) in [6.07, 6.45) is 1.78. The molecule has 0 aliphatic carbocycles. The molecular formula is C14H19N3O2. The maximum atomic E-state index is 10.2. The number of ether oxygens (including phenoxy) is 1. The molecule has 2 atom stereocenters. The molecule has 0 saturated heterocycles. The molecule has 102 valence electrons. The highest BCUT2D eigenvalue weighted by Crippen LogP contribution is 2.22. The zero-order valence-corrected chi connectivity index (χ0v) is 11.2. The largest absolute Gasteiger partial charge is 0.386 e. The van der Waals surface area contributed by atoms with Gasteiger partial charge in [0.25, 0.3) is 0 Å². The van der Waals surface area contributed by atoms with Gasteiger partial charge in [0.15, 0.2) is 0 Å². The number of aliphatic hydroxyl groups is 1. The first-order valence-corrected chi connectivity index (χ1v) is 6.37. The van der Waals surface area contributed by atoms with Crippen LogP contribution in [0.1, 0.15) is 25.1 Å². The van der Waals surface area contributed by atoms with Gasteiger partial charge in [-0.1, -0.05) is 25.1 Å². The van der Waals surface area contributed by atoms with Crippen LogP contribution in [0, 0.1) is 5.92 Å². The van der Waals surface area contributed by atoms with E-state index in [9.17, 15) is 5.11 Å². The molecule has 1 heterocycles. The Morgan fingerprint density at radius 1 is 1.32 bits per heavy atom. The summed E-state index contributed by atoms with van der Waals surface area (Å²) < 4.78 is 5.02. The number of hydrogen-bond acceptors (Lipinski definition) is 4. The third-order valence-corrected chi connectivity index (χ3v) is 3.12. The molecule has 1 aromatic carbocycles. The minimum Gasteiger partial charge on any atom is -0.386 e. The van der Waals surface area contributed by atoms with Crippen molar-refractivity contribution in [2.24, 2.45) is 5.92 Å². The molecule has 19 heavy (non-hydrogen) atoms. The van der Waals surface area contributed by atoms with Crippen LogP contribution < -0.4 is 0 Å². The van der Waals surface area contributed by atoms with Gasteiger partial charge in [0.05, 0.1) is 11.9 Å². The summed E-state index contributed by atoms with van der Waals surface area (Å²) in [5, 5.41) is 18.7. The quantitative estimate of drug-likeness (QED) is 0.863. The van der Waals surface area contributed by atoms with Gasteiger partial charge in [0, 0.05) is 13.7 Å².